The van der Waals surface area contributed by atoms with E-state index in [4.69, 9.17) is 9.47 Å². The molecule has 2 atom stereocenters. The predicted molar refractivity (Wildman–Crippen MR) is 121 cm³/mol. The van der Waals surface area contributed by atoms with Crippen LogP contribution in [0.15, 0.2) is 46.8 Å². The Morgan fingerprint density at radius 3 is 2.31 bits per heavy atom. The monoisotopic (exact) mass is 489 g/mol. The van der Waals surface area contributed by atoms with Gasteiger partial charge in [0.1, 0.15) is 17.6 Å². The average molecular weight is 489 g/mol. The van der Waals surface area contributed by atoms with Crippen molar-refractivity contribution < 1.29 is 9.47 Å². The summed E-state index contributed by atoms with van der Waals surface area (Å²) in [7, 11) is 3.43. The molecule has 5 nitrogen and oxygen atoms in total. The normalized spacial score (nSPS) is 13.3. The number of hydrogen-bond acceptors (Lipinski definition) is 4. The highest BCUT2D eigenvalue weighted by Crippen LogP contribution is 2.19. The zero-order valence-electron chi connectivity index (χ0n) is 15.7. The summed E-state index contributed by atoms with van der Waals surface area (Å²) in [6, 6.07) is 11.8. The molecule has 0 radical (unpaired) electrons. The number of nitrogens with zero attached hydrogens (tertiary/aromatic N) is 1. The quantitative estimate of drug-likeness (QED) is 0.333. The average Bonchev–Trinajstić information content (AvgIpc) is 3.17. The van der Waals surface area contributed by atoms with Crippen LogP contribution in [0.1, 0.15) is 24.6 Å². The molecule has 1 aromatic heterocycles. The molecule has 0 spiro atoms. The number of aliphatic imine (C=N–C) groups is 1. The SMILES string of the molecule is CN=C(NCC(C)Oc1ccc(OC)cc1)NCC(C)c1cccs1.I. The molecule has 0 aliphatic carbocycles. The largest absolute Gasteiger partial charge is 0.497 e. The Balaban J connectivity index is 0.00000338. The van der Waals surface area contributed by atoms with Gasteiger partial charge < -0.3 is 20.1 Å². The van der Waals surface area contributed by atoms with Crippen molar-refractivity contribution in [2.24, 2.45) is 4.99 Å². The maximum atomic E-state index is 5.89. The topological polar surface area (TPSA) is 54.9 Å². The summed E-state index contributed by atoms with van der Waals surface area (Å²) in [5.74, 6) is 2.88. The van der Waals surface area contributed by atoms with E-state index >= 15 is 0 Å². The number of methoxy groups -OCH3 is 1. The third-order valence-corrected chi connectivity index (χ3v) is 4.89. The molecule has 0 aliphatic rings. The summed E-state index contributed by atoms with van der Waals surface area (Å²) >= 11 is 1.78. The van der Waals surface area contributed by atoms with Gasteiger partial charge in [-0.2, -0.15) is 0 Å². The van der Waals surface area contributed by atoms with Gasteiger partial charge in [0.15, 0.2) is 5.96 Å². The number of benzene rings is 1. The molecular formula is C19H28IN3O2S. The molecule has 0 bridgehead atoms. The number of halogens is 1. The molecule has 0 fully saturated rings. The van der Waals surface area contributed by atoms with Crippen molar-refractivity contribution in [1.29, 1.82) is 0 Å². The second kappa shape index (κ2) is 12.0. The Bertz CT molecular complexity index is 647. The summed E-state index contributed by atoms with van der Waals surface area (Å²) in [4.78, 5) is 5.64. The molecule has 2 rings (SSSR count). The first-order valence-corrected chi connectivity index (χ1v) is 9.29. The van der Waals surface area contributed by atoms with E-state index in [0.29, 0.717) is 12.5 Å². The molecule has 0 amide bonds. The van der Waals surface area contributed by atoms with Crippen LogP contribution in [0.4, 0.5) is 0 Å². The Labute approximate surface area is 177 Å². The van der Waals surface area contributed by atoms with E-state index in [0.717, 1.165) is 24.0 Å². The van der Waals surface area contributed by atoms with E-state index < -0.39 is 0 Å². The minimum absolute atomic E-state index is 0. The lowest BCUT2D eigenvalue weighted by Crippen LogP contribution is -2.42. The maximum Gasteiger partial charge on any atom is 0.191 e. The van der Waals surface area contributed by atoms with E-state index in [1.165, 1.54) is 4.88 Å². The van der Waals surface area contributed by atoms with E-state index in [2.05, 4.69) is 40.1 Å². The number of nitrogens with one attached hydrogen (secondary N) is 2. The molecule has 2 N–H and O–H groups in total. The molecular weight excluding hydrogens is 461 g/mol. The maximum absolute atomic E-state index is 5.89. The third kappa shape index (κ3) is 7.41. The molecule has 1 aromatic carbocycles. The van der Waals surface area contributed by atoms with Crippen LogP contribution < -0.4 is 20.1 Å². The van der Waals surface area contributed by atoms with Gasteiger partial charge in [0.25, 0.3) is 0 Å². The number of ether oxygens (including phenoxy) is 2. The van der Waals surface area contributed by atoms with E-state index in [-0.39, 0.29) is 30.1 Å². The first kappa shape index (κ1) is 22.6. The lowest BCUT2D eigenvalue weighted by molar-refractivity contribution is 0.223. The zero-order valence-corrected chi connectivity index (χ0v) is 18.8. The molecule has 0 aliphatic heterocycles. The smallest absolute Gasteiger partial charge is 0.191 e. The highest BCUT2D eigenvalue weighted by molar-refractivity contribution is 14.0. The van der Waals surface area contributed by atoms with Crippen LogP contribution >= 0.6 is 35.3 Å². The molecule has 0 saturated carbocycles. The lowest BCUT2D eigenvalue weighted by Gasteiger charge is -2.19. The summed E-state index contributed by atoms with van der Waals surface area (Å²) < 4.78 is 11.0. The van der Waals surface area contributed by atoms with Gasteiger partial charge in [-0.05, 0) is 42.6 Å². The van der Waals surface area contributed by atoms with Crippen molar-refractivity contribution in [2.45, 2.75) is 25.9 Å². The number of guanidine groups is 1. The fourth-order valence-corrected chi connectivity index (χ4v) is 3.10. The minimum Gasteiger partial charge on any atom is -0.497 e. The Morgan fingerprint density at radius 2 is 1.73 bits per heavy atom. The van der Waals surface area contributed by atoms with Crippen molar-refractivity contribution in [3.8, 4) is 11.5 Å². The van der Waals surface area contributed by atoms with Crippen LogP contribution in [-0.4, -0.2) is 39.3 Å². The Morgan fingerprint density at radius 1 is 1.08 bits per heavy atom. The summed E-state index contributed by atoms with van der Waals surface area (Å²) in [5, 5.41) is 8.78. The van der Waals surface area contributed by atoms with Crippen LogP contribution in [-0.2, 0) is 0 Å². The van der Waals surface area contributed by atoms with E-state index in [9.17, 15) is 0 Å². The first-order valence-electron chi connectivity index (χ1n) is 8.41. The summed E-state index contributed by atoms with van der Waals surface area (Å²) in [6.07, 6.45) is 0.0154. The summed E-state index contributed by atoms with van der Waals surface area (Å²) in [6.45, 7) is 5.74. The standard InChI is InChI=1S/C19H27N3O2S.HI/c1-14(18-6-5-11-25-18)12-21-19(20-3)22-13-15(2)24-17-9-7-16(23-4)8-10-17;/h5-11,14-15H,12-13H2,1-4H3,(H2,20,21,22);1H. The molecule has 2 unspecified atom stereocenters. The lowest BCUT2D eigenvalue weighted by atomic mass is 10.1. The van der Waals surface area contributed by atoms with Gasteiger partial charge in [0.2, 0.25) is 0 Å². The predicted octanol–water partition coefficient (Wildman–Crippen LogP) is 4.11. The van der Waals surface area contributed by atoms with Crippen LogP contribution in [0.3, 0.4) is 0 Å². The van der Waals surface area contributed by atoms with Gasteiger partial charge in [-0.15, -0.1) is 35.3 Å². The number of thiophene rings is 1. The van der Waals surface area contributed by atoms with Gasteiger partial charge >= 0.3 is 0 Å². The van der Waals surface area contributed by atoms with Gasteiger partial charge in [-0.1, -0.05) is 13.0 Å². The van der Waals surface area contributed by atoms with Crippen molar-refractivity contribution in [3.63, 3.8) is 0 Å². The number of hydrogen-bond donors (Lipinski definition) is 2. The van der Waals surface area contributed by atoms with Crippen molar-refractivity contribution in [3.05, 3.63) is 46.7 Å². The van der Waals surface area contributed by atoms with E-state index in [1.807, 2.05) is 31.2 Å². The third-order valence-electron chi connectivity index (χ3n) is 3.78. The molecule has 144 valence electrons. The van der Waals surface area contributed by atoms with Crippen LogP contribution in [0.25, 0.3) is 0 Å². The number of rotatable bonds is 8. The Hall–Kier alpha value is -1.48. The van der Waals surface area contributed by atoms with Crippen LogP contribution in [0, 0.1) is 0 Å². The fraction of sp³-hybridized carbons (Fsp3) is 0.421. The summed E-state index contributed by atoms with van der Waals surface area (Å²) in [5.41, 5.74) is 0. The van der Waals surface area contributed by atoms with Crippen molar-refractivity contribution in [1.82, 2.24) is 10.6 Å². The first-order chi connectivity index (χ1) is 12.1. The van der Waals surface area contributed by atoms with Crippen molar-refractivity contribution in [2.75, 3.05) is 27.2 Å². The fourth-order valence-electron chi connectivity index (χ4n) is 2.31. The van der Waals surface area contributed by atoms with E-state index in [1.54, 1.807) is 25.5 Å². The zero-order chi connectivity index (χ0) is 18.1. The van der Waals surface area contributed by atoms with Crippen LogP contribution in [0.5, 0.6) is 11.5 Å². The van der Waals surface area contributed by atoms with Gasteiger partial charge in [0, 0.05) is 24.4 Å². The molecule has 1 heterocycles. The van der Waals surface area contributed by atoms with Crippen molar-refractivity contribution >= 4 is 41.3 Å². The minimum atomic E-state index is 0. The highest BCUT2D eigenvalue weighted by Gasteiger charge is 2.09. The molecule has 26 heavy (non-hydrogen) atoms. The van der Waals surface area contributed by atoms with Gasteiger partial charge in [0.05, 0.1) is 13.7 Å². The second-order valence-electron chi connectivity index (χ2n) is 5.85. The second-order valence-corrected chi connectivity index (χ2v) is 6.83. The molecule has 0 saturated heterocycles. The van der Waals surface area contributed by atoms with Crippen LogP contribution in [0.2, 0.25) is 0 Å². The molecule has 7 heteroatoms. The molecule has 2 aromatic rings. The van der Waals surface area contributed by atoms with Gasteiger partial charge in [-0.25, -0.2) is 0 Å². The highest BCUT2D eigenvalue weighted by atomic mass is 127. The van der Waals surface area contributed by atoms with Gasteiger partial charge in [-0.3, -0.25) is 4.99 Å². The Kier molecular flexibility index (Phi) is 10.4.